The monoisotopic (exact) mass is 395 g/mol. The molecule has 7 nitrogen and oxygen atoms in total. The molecular weight excluding hydrogens is 370 g/mol. The standard InChI is InChI=1S/C22H25N3O4/c1-4-24-21(27)17-10-5-6-11-18(17)25(22(24)28)14-19(26)23-12-13-29-20-15(2)8-7-9-16(20)3/h5-11H,4,12-14H2,1-3H3,(H,23,26). The van der Waals surface area contributed by atoms with Gasteiger partial charge in [-0.05, 0) is 44.0 Å². The van der Waals surface area contributed by atoms with Crippen molar-refractivity contribution < 1.29 is 9.53 Å². The molecule has 7 heteroatoms. The average Bonchev–Trinajstić information content (AvgIpc) is 2.70. The number of fused-ring (bicyclic) bond motifs is 1. The van der Waals surface area contributed by atoms with E-state index in [-0.39, 0.29) is 24.6 Å². The fraction of sp³-hybridized carbons (Fsp3) is 0.318. The Hall–Kier alpha value is -3.35. The lowest BCUT2D eigenvalue weighted by Crippen LogP contribution is -2.42. The van der Waals surface area contributed by atoms with Crippen molar-refractivity contribution in [3.8, 4) is 5.75 Å². The number of ether oxygens (including phenoxy) is 1. The van der Waals surface area contributed by atoms with Crippen LogP contribution in [0.4, 0.5) is 0 Å². The Kier molecular flexibility index (Phi) is 6.16. The molecule has 0 saturated carbocycles. The first kappa shape index (κ1) is 20.4. The molecule has 29 heavy (non-hydrogen) atoms. The molecule has 1 amide bonds. The van der Waals surface area contributed by atoms with Crippen molar-refractivity contribution in [2.45, 2.75) is 33.9 Å². The van der Waals surface area contributed by atoms with Crippen molar-refractivity contribution in [3.63, 3.8) is 0 Å². The fourth-order valence-corrected chi connectivity index (χ4v) is 3.37. The number of amides is 1. The minimum Gasteiger partial charge on any atom is -0.491 e. The lowest BCUT2D eigenvalue weighted by atomic mass is 10.1. The van der Waals surface area contributed by atoms with Crippen LogP contribution in [0, 0.1) is 13.8 Å². The summed E-state index contributed by atoms with van der Waals surface area (Å²) in [6, 6.07) is 12.7. The van der Waals surface area contributed by atoms with Gasteiger partial charge in [0.2, 0.25) is 5.91 Å². The topological polar surface area (TPSA) is 82.3 Å². The first-order valence-electron chi connectivity index (χ1n) is 9.62. The first-order chi connectivity index (χ1) is 13.9. The molecule has 3 aromatic rings. The van der Waals surface area contributed by atoms with Crippen LogP contribution in [0.25, 0.3) is 10.9 Å². The largest absolute Gasteiger partial charge is 0.491 e. The molecule has 2 aromatic carbocycles. The number of rotatable bonds is 7. The van der Waals surface area contributed by atoms with Gasteiger partial charge in [0, 0.05) is 6.54 Å². The van der Waals surface area contributed by atoms with E-state index in [0.717, 1.165) is 21.4 Å². The predicted molar refractivity (Wildman–Crippen MR) is 113 cm³/mol. The van der Waals surface area contributed by atoms with Crippen molar-refractivity contribution in [1.82, 2.24) is 14.5 Å². The van der Waals surface area contributed by atoms with Gasteiger partial charge >= 0.3 is 5.69 Å². The average molecular weight is 395 g/mol. The molecule has 0 aliphatic rings. The summed E-state index contributed by atoms with van der Waals surface area (Å²) in [5.74, 6) is 0.502. The van der Waals surface area contributed by atoms with E-state index in [1.54, 1.807) is 31.2 Å². The summed E-state index contributed by atoms with van der Waals surface area (Å²) < 4.78 is 8.26. The summed E-state index contributed by atoms with van der Waals surface area (Å²) in [5, 5.41) is 3.19. The lowest BCUT2D eigenvalue weighted by Gasteiger charge is -2.14. The van der Waals surface area contributed by atoms with Crippen molar-refractivity contribution in [2.24, 2.45) is 0 Å². The van der Waals surface area contributed by atoms with Gasteiger partial charge in [-0.3, -0.25) is 18.7 Å². The maximum Gasteiger partial charge on any atom is 0.331 e. The zero-order valence-corrected chi connectivity index (χ0v) is 16.9. The van der Waals surface area contributed by atoms with Gasteiger partial charge in [-0.15, -0.1) is 0 Å². The van der Waals surface area contributed by atoms with Crippen molar-refractivity contribution in [2.75, 3.05) is 13.2 Å². The Morgan fingerprint density at radius 3 is 2.38 bits per heavy atom. The number of benzene rings is 2. The molecule has 0 unspecified atom stereocenters. The molecule has 0 saturated heterocycles. The highest BCUT2D eigenvalue weighted by atomic mass is 16.5. The number of para-hydroxylation sites is 2. The van der Waals surface area contributed by atoms with E-state index in [1.807, 2.05) is 32.0 Å². The molecule has 0 atom stereocenters. The van der Waals surface area contributed by atoms with Crippen LogP contribution in [0.2, 0.25) is 0 Å². The molecule has 0 aliphatic carbocycles. The minimum absolute atomic E-state index is 0.164. The van der Waals surface area contributed by atoms with Gasteiger partial charge in [0.1, 0.15) is 18.9 Å². The smallest absolute Gasteiger partial charge is 0.331 e. The second-order valence-corrected chi connectivity index (χ2v) is 6.85. The quantitative estimate of drug-likeness (QED) is 0.621. The Morgan fingerprint density at radius 1 is 1.00 bits per heavy atom. The predicted octanol–water partition coefficient (Wildman–Crippen LogP) is 2.00. The molecule has 0 aliphatic heterocycles. The highest BCUT2D eigenvalue weighted by Crippen LogP contribution is 2.21. The normalized spacial score (nSPS) is 10.9. The summed E-state index contributed by atoms with van der Waals surface area (Å²) in [6.07, 6.45) is 0. The fourth-order valence-electron chi connectivity index (χ4n) is 3.37. The van der Waals surface area contributed by atoms with E-state index in [2.05, 4.69) is 5.32 Å². The molecule has 0 bridgehead atoms. The molecule has 3 rings (SSSR count). The van der Waals surface area contributed by atoms with Gasteiger partial charge in [-0.2, -0.15) is 0 Å². The van der Waals surface area contributed by atoms with E-state index in [1.165, 1.54) is 4.57 Å². The summed E-state index contributed by atoms with van der Waals surface area (Å²) in [5.41, 5.74) is 1.70. The van der Waals surface area contributed by atoms with Gasteiger partial charge in [0.05, 0.1) is 17.4 Å². The second-order valence-electron chi connectivity index (χ2n) is 6.85. The summed E-state index contributed by atoms with van der Waals surface area (Å²) in [4.78, 5) is 37.6. The summed E-state index contributed by atoms with van der Waals surface area (Å²) in [6.45, 7) is 6.39. The molecule has 1 N–H and O–H groups in total. The highest BCUT2D eigenvalue weighted by Gasteiger charge is 2.14. The number of hydrogen-bond acceptors (Lipinski definition) is 4. The van der Waals surface area contributed by atoms with Gasteiger partial charge in [0.15, 0.2) is 0 Å². The number of aromatic nitrogens is 2. The Morgan fingerprint density at radius 2 is 1.69 bits per heavy atom. The molecule has 152 valence electrons. The van der Waals surface area contributed by atoms with Crippen LogP contribution in [-0.4, -0.2) is 28.2 Å². The van der Waals surface area contributed by atoms with Crippen LogP contribution in [0.1, 0.15) is 18.1 Å². The van der Waals surface area contributed by atoms with Gasteiger partial charge < -0.3 is 10.1 Å². The third-order valence-corrected chi connectivity index (χ3v) is 4.83. The van der Waals surface area contributed by atoms with Crippen molar-refractivity contribution >= 4 is 16.8 Å². The third-order valence-electron chi connectivity index (χ3n) is 4.83. The van der Waals surface area contributed by atoms with Crippen LogP contribution >= 0.6 is 0 Å². The van der Waals surface area contributed by atoms with E-state index in [9.17, 15) is 14.4 Å². The molecular formula is C22H25N3O4. The summed E-state index contributed by atoms with van der Waals surface area (Å²) in [7, 11) is 0. The first-order valence-corrected chi connectivity index (χ1v) is 9.62. The molecule has 0 radical (unpaired) electrons. The van der Waals surface area contributed by atoms with Gasteiger partial charge in [-0.25, -0.2) is 4.79 Å². The molecule has 0 spiro atoms. The maximum absolute atomic E-state index is 12.7. The van der Waals surface area contributed by atoms with Gasteiger partial charge in [-0.1, -0.05) is 30.3 Å². The highest BCUT2D eigenvalue weighted by molar-refractivity contribution is 5.81. The SMILES string of the molecule is CCn1c(=O)c2ccccc2n(CC(=O)NCCOc2c(C)cccc2C)c1=O. The van der Waals surface area contributed by atoms with E-state index >= 15 is 0 Å². The minimum atomic E-state index is -0.488. The van der Waals surface area contributed by atoms with Crippen LogP contribution in [0.15, 0.2) is 52.1 Å². The number of carbonyl (C=O) groups excluding carboxylic acids is 1. The Balaban J connectivity index is 1.71. The Bertz CT molecular complexity index is 1140. The summed E-state index contributed by atoms with van der Waals surface area (Å²) >= 11 is 0. The van der Waals surface area contributed by atoms with Crippen molar-refractivity contribution in [1.29, 1.82) is 0 Å². The number of nitrogens with one attached hydrogen (secondary N) is 1. The Labute approximate surface area is 168 Å². The van der Waals surface area contributed by atoms with Crippen LogP contribution in [0.5, 0.6) is 5.75 Å². The van der Waals surface area contributed by atoms with Crippen LogP contribution < -0.4 is 21.3 Å². The molecule has 0 fully saturated rings. The second kappa shape index (κ2) is 8.77. The lowest BCUT2D eigenvalue weighted by molar-refractivity contribution is -0.121. The molecule has 1 heterocycles. The molecule has 1 aromatic heterocycles. The van der Waals surface area contributed by atoms with Crippen LogP contribution in [-0.2, 0) is 17.9 Å². The number of nitrogens with zero attached hydrogens (tertiary/aromatic N) is 2. The number of hydrogen-bond donors (Lipinski definition) is 1. The van der Waals surface area contributed by atoms with Crippen molar-refractivity contribution in [3.05, 3.63) is 74.4 Å². The van der Waals surface area contributed by atoms with E-state index in [4.69, 9.17) is 4.74 Å². The zero-order chi connectivity index (χ0) is 21.0. The van der Waals surface area contributed by atoms with E-state index in [0.29, 0.717) is 24.1 Å². The van der Waals surface area contributed by atoms with Gasteiger partial charge in [0.25, 0.3) is 5.56 Å². The maximum atomic E-state index is 12.7. The third kappa shape index (κ3) is 4.23. The number of aryl methyl sites for hydroxylation is 2. The van der Waals surface area contributed by atoms with Crippen LogP contribution in [0.3, 0.4) is 0 Å². The zero-order valence-electron chi connectivity index (χ0n) is 16.9. The number of carbonyl (C=O) groups is 1. The van der Waals surface area contributed by atoms with E-state index < -0.39 is 5.69 Å².